The fraction of sp³-hybridized carbons (Fsp3) is 0.321. The quantitative estimate of drug-likeness (QED) is 0.290. The summed E-state index contributed by atoms with van der Waals surface area (Å²) in [5.41, 5.74) is 10.6. The highest BCUT2D eigenvalue weighted by Gasteiger charge is 2.26. The first-order valence-corrected chi connectivity index (χ1v) is 13.0. The average molecular weight is 530 g/mol. The average Bonchev–Trinajstić information content (AvgIpc) is 3.44. The molecule has 0 amide bonds. The number of hydrogen-bond acceptors (Lipinski definition) is 7. The van der Waals surface area contributed by atoms with Gasteiger partial charge in [0.1, 0.15) is 30.8 Å². The number of allylic oxidation sites excluding steroid dienone is 1. The molecule has 0 saturated heterocycles. The summed E-state index contributed by atoms with van der Waals surface area (Å²) in [6.45, 7) is 7.08. The number of rotatable bonds is 11. The molecule has 0 spiro atoms. The first kappa shape index (κ1) is 27.3. The van der Waals surface area contributed by atoms with Crippen LogP contribution in [-0.4, -0.2) is 42.5 Å². The lowest BCUT2D eigenvalue weighted by Gasteiger charge is -2.28. The van der Waals surface area contributed by atoms with E-state index in [1.54, 1.807) is 17.1 Å². The van der Waals surface area contributed by atoms with Gasteiger partial charge in [-0.15, -0.1) is 11.6 Å². The van der Waals surface area contributed by atoms with E-state index in [0.717, 1.165) is 40.0 Å². The van der Waals surface area contributed by atoms with Crippen molar-refractivity contribution in [2.24, 2.45) is 10.6 Å². The Balaban J connectivity index is 1.44. The molecule has 3 aromatic rings. The molecular weight excluding hydrogens is 499 g/mol. The molecule has 1 radical (unpaired) electrons. The Kier molecular flexibility index (Phi) is 8.77. The minimum Gasteiger partial charge on any atom is -0.491 e. The normalized spacial score (nSPS) is 14.8. The van der Waals surface area contributed by atoms with Crippen LogP contribution in [0.5, 0.6) is 11.5 Å². The maximum Gasteiger partial charge on any atom is 0.246 e. The fourth-order valence-corrected chi connectivity index (χ4v) is 4.34. The van der Waals surface area contributed by atoms with E-state index >= 15 is 0 Å². The zero-order chi connectivity index (χ0) is 27.1. The highest BCUT2D eigenvalue weighted by Crippen LogP contribution is 2.37. The molecule has 0 aliphatic carbocycles. The highest BCUT2D eigenvalue weighted by atomic mass is 35.5. The van der Waals surface area contributed by atoms with E-state index in [4.69, 9.17) is 26.7 Å². The Hall–Kier alpha value is -3.74. The van der Waals surface area contributed by atoms with Gasteiger partial charge in [-0.25, -0.2) is 9.67 Å². The standard InChI is InChI=1S/C28H31BClN6O2/c1-4-19-13-22(14-20(15-31)26(19)37-12-10-30)28(2,3)21-5-7-25(8-6-21)38-18-24-9-11-33-27(35-24)36-17-23(29-32)16-34-36/h5-9,11,13-14,16-17,27,35H,4,10,12,18,32H2,1-3H3. The zero-order valence-electron chi connectivity index (χ0n) is 21.8. The topological polar surface area (TPSA) is 110 Å². The van der Waals surface area contributed by atoms with Gasteiger partial charge in [0.2, 0.25) is 13.7 Å². The predicted molar refractivity (Wildman–Crippen MR) is 151 cm³/mol. The van der Waals surface area contributed by atoms with Crippen LogP contribution in [0.2, 0.25) is 0 Å². The maximum absolute atomic E-state index is 9.79. The molecule has 0 fully saturated rings. The maximum atomic E-state index is 9.79. The number of alkyl halides is 1. The fourth-order valence-electron chi connectivity index (χ4n) is 4.26. The number of hydrogen-bond donors (Lipinski definition) is 2. The molecule has 1 unspecified atom stereocenters. The Morgan fingerprint density at radius 2 is 2.00 bits per heavy atom. The molecule has 8 nitrogen and oxygen atoms in total. The van der Waals surface area contributed by atoms with Gasteiger partial charge < -0.3 is 20.4 Å². The van der Waals surface area contributed by atoms with Crippen molar-refractivity contribution in [1.29, 1.82) is 5.26 Å². The summed E-state index contributed by atoms with van der Waals surface area (Å²) in [5.74, 6) is 1.75. The molecule has 1 aliphatic heterocycles. The lowest BCUT2D eigenvalue weighted by molar-refractivity contribution is 0.319. The van der Waals surface area contributed by atoms with Gasteiger partial charge in [0.05, 0.1) is 17.1 Å². The summed E-state index contributed by atoms with van der Waals surface area (Å²) < 4.78 is 13.5. The van der Waals surface area contributed by atoms with Gasteiger partial charge in [-0.2, -0.15) is 10.4 Å². The van der Waals surface area contributed by atoms with Gasteiger partial charge in [0.15, 0.2) is 0 Å². The predicted octanol–water partition coefficient (Wildman–Crippen LogP) is 3.56. The molecule has 0 saturated carbocycles. The molecule has 1 atom stereocenters. The van der Waals surface area contributed by atoms with Gasteiger partial charge in [-0.1, -0.05) is 39.0 Å². The van der Waals surface area contributed by atoms with E-state index in [1.807, 2.05) is 30.5 Å². The van der Waals surface area contributed by atoms with Crippen LogP contribution in [0, 0.1) is 11.3 Å². The number of nitrogens with one attached hydrogen (secondary N) is 1. The Morgan fingerprint density at radius 1 is 1.21 bits per heavy atom. The smallest absolute Gasteiger partial charge is 0.246 e. The lowest BCUT2D eigenvalue weighted by Crippen LogP contribution is -2.30. The molecule has 38 heavy (non-hydrogen) atoms. The first-order chi connectivity index (χ1) is 18.4. The third-order valence-electron chi connectivity index (χ3n) is 6.56. The molecule has 10 heteroatoms. The molecule has 0 bridgehead atoms. The number of ether oxygens (including phenoxy) is 2. The summed E-state index contributed by atoms with van der Waals surface area (Å²) in [6.07, 6.45) is 7.53. The Labute approximate surface area is 229 Å². The largest absolute Gasteiger partial charge is 0.491 e. The van der Waals surface area contributed by atoms with Gasteiger partial charge in [0, 0.05) is 24.0 Å². The molecule has 2 aromatic carbocycles. The Morgan fingerprint density at radius 3 is 2.66 bits per heavy atom. The van der Waals surface area contributed by atoms with E-state index in [2.05, 4.69) is 60.4 Å². The van der Waals surface area contributed by atoms with E-state index < -0.39 is 0 Å². The van der Waals surface area contributed by atoms with Crippen LogP contribution < -0.4 is 25.9 Å². The number of aryl methyl sites for hydroxylation is 1. The van der Waals surface area contributed by atoms with Crippen molar-refractivity contribution in [3.63, 3.8) is 0 Å². The van der Waals surface area contributed by atoms with E-state index in [1.165, 1.54) is 7.41 Å². The number of aromatic nitrogens is 2. The van der Waals surface area contributed by atoms with Crippen LogP contribution in [0.15, 0.2) is 65.6 Å². The second-order valence-corrected chi connectivity index (χ2v) is 9.76. The van der Waals surface area contributed by atoms with Crippen LogP contribution in [0.4, 0.5) is 0 Å². The molecule has 1 aromatic heterocycles. The second-order valence-electron chi connectivity index (χ2n) is 9.38. The SMILES string of the molecule is CCc1cc(C(C)(C)c2ccc(OCC3=CC=NC(n4cc([B]N)cn4)N3)cc2)cc(C#N)c1OCCCl. The molecule has 4 rings (SSSR count). The van der Waals surface area contributed by atoms with Gasteiger partial charge >= 0.3 is 0 Å². The van der Waals surface area contributed by atoms with Crippen molar-refractivity contribution < 1.29 is 9.47 Å². The number of nitriles is 1. The van der Waals surface area contributed by atoms with Crippen LogP contribution >= 0.6 is 11.6 Å². The van der Waals surface area contributed by atoms with Crippen molar-refractivity contribution in [3.05, 3.63) is 82.8 Å². The summed E-state index contributed by atoms with van der Waals surface area (Å²) in [6, 6.07) is 14.4. The van der Waals surface area contributed by atoms with Crippen molar-refractivity contribution >= 4 is 30.7 Å². The van der Waals surface area contributed by atoms with Crippen molar-refractivity contribution in [2.75, 3.05) is 19.1 Å². The molecular formula is C28H31BClN6O2. The number of halogens is 1. The number of nitrogens with two attached hydrogens (primary N) is 1. The lowest BCUT2D eigenvalue weighted by atomic mass is 9.77. The third-order valence-corrected chi connectivity index (χ3v) is 6.72. The van der Waals surface area contributed by atoms with E-state index in [9.17, 15) is 5.26 Å². The number of benzene rings is 2. The highest BCUT2D eigenvalue weighted by molar-refractivity contribution is 6.49. The van der Waals surface area contributed by atoms with Gasteiger partial charge in [-0.3, -0.25) is 0 Å². The third kappa shape index (κ3) is 6.04. The Bertz CT molecular complexity index is 1360. The first-order valence-electron chi connectivity index (χ1n) is 12.5. The van der Waals surface area contributed by atoms with Crippen molar-refractivity contribution in [2.45, 2.75) is 38.9 Å². The van der Waals surface area contributed by atoms with Gasteiger partial charge in [0.25, 0.3) is 0 Å². The second kappa shape index (κ2) is 12.2. The number of aliphatic imine (C=N–C) groups is 1. The molecule has 1 aliphatic rings. The van der Waals surface area contributed by atoms with Crippen molar-refractivity contribution in [1.82, 2.24) is 15.1 Å². The minimum absolute atomic E-state index is 0.334. The van der Waals surface area contributed by atoms with E-state index in [0.29, 0.717) is 30.4 Å². The summed E-state index contributed by atoms with van der Waals surface area (Å²) in [7, 11) is 1.50. The number of nitrogens with zero attached hydrogens (tertiary/aromatic N) is 4. The monoisotopic (exact) mass is 529 g/mol. The van der Waals surface area contributed by atoms with Gasteiger partial charge in [-0.05, 0) is 52.8 Å². The summed E-state index contributed by atoms with van der Waals surface area (Å²) in [5, 5.41) is 17.4. The van der Waals surface area contributed by atoms with Crippen molar-refractivity contribution in [3.8, 4) is 17.6 Å². The van der Waals surface area contributed by atoms with Crippen LogP contribution in [0.3, 0.4) is 0 Å². The zero-order valence-corrected chi connectivity index (χ0v) is 22.6. The molecule has 3 N–H and O–H groups in total. The summed E-state index contributed by atoms with van der Waals surface area (Å²) >= 11 is 5.80. The molecule has 2 heterocycles. The van der Waals surface area contributed by atoms with E-state index in [-0.39, 0.29) is 11.7 Å². The summed E-state index contributed by atoms with van der Waals surface area (Å²) in [4.78, 5) is 4.41. The van der Waals surface area contributed by atoms with Crippen LogP contribution in [0.1, 0.15) is 49.3 Å². The minimum atomic E-state index is -0.353. The van der Waals surface area contributed by atoms with Crippen LogP contribution in [0.25, 0.3) is 0 Å². The molecule has 195 valence electrons. The van der Waals surface area contributed by atoms with Crippen LogP contribution in [-0.2, 0) is 11.8 Å².